The van der Waals surface area contributed by atoms with Crippen LogP contribution in [0.5, 0.6) is 0 Å². The molecule has 0 atom stereocenters. The molecule has 0 aliphatic heterocycles. The van der Waals surface area contributed by atoms with Crippen LogP contribution < -0.4 is 0 Å². The highest BCUT2D eigenvalue weighted by molar-refractivity contribution is 6.30. The van der Waals surface area contributed by atoms with Crippen molar-refractivity contribution in [3.8, 4) is 0 Å². The predicted molar refractivity (Wildman–Crippen MR) is 153 cm³/mol. The minimum absolute atomic E-state index is 0.950. The summed E-state index contributed by atoms with van der Waals surface area (Å²) in [6.45, 7) is 13.3. The minimum atomic E-state index is 0.950. The van der Waals surface area contributed by atoms with Crippen molar-refractivity contribution < 1.29 is 0 Å². The molecule has 2 nitrogen and oxygen atoms in total. The van der Waals surface area contributed by atoms with Gasteiger partial charge in [-0.05, 0) is 111 Å². The van der Waals surface area contributed by atoms with Crippen LogP contribution in [0.2, 0.25) is 0 Å². The van der Waals surface area contributed by atoms with Crippen LogP contribution in [-0.2, 0) is 25.7 Å². The molecule has 0 saturated heterocycles. The lowest BCUT2D eigenvalue weighted by molar-refractivity contribution is 0.662. The Morgan fingerprint density at radius 1 is 0.706 bits per heavy atom. The van der Waals surface area contributed by atoms with Crippen molar-refractivity contribution in [2.24, 2.45) is 9.98 Å². The Hall–Kier alpha value is -2.22. The normalized spacial score (nSPS) is 12.1. The molecule has 2 rings (SSSR count). The van der Waals surface area contributed by atoms with Gasteiger partial charge in [0.05, 0.1) is 17.1 Å². The fraction of sp³-hybridized carbons (Fsp3) is 0.562. The molecule has 0 N–H and O–H groups in total. The topological polar surface area (TPSA) is 24.7 Å². The number of aliphatic imine (C=N–C) groups is 2. The first-order valence-electron chi connectivity index (χ1n) is 13.9. The van der Waals surface area contributed by atoms with Gasteiger partial charge in [-0.2, -0.15) is 0 Å². The average molecular weight is 461 g/mol. The smallest absolute Gasteiger partial charge is 0.0636 e. The monoisotopic (exact) mass is 460 g/mol. The molecule has 2 heteroatoms. The lowest BCUT2D eigenvalue weighted by Gasteiger charge is -2.12. The molecule has 0 aliphatic rings. The number of benzene rings is 2. The molecule has 0 unspecified atom stereocenters. The van der Waals surface area contributed by atoms with Crippen LogP contribution in [0.4, 0.5) is 11.4 Å². The number of rotatable bonds is 15. The van der Waals surface area contributed by atoms with Gasteiger partial charge in [-0.1, -0.05) is 65.9 Å². The van der Waals surface area contributed by atoms with E-state index >= 15 is 0 Å². The fourth-order valence-corrected chi connectivity index (χ4v) is 4.71. The lowest BCUT2D eigenvalue weighted by atomic mass is 9.95. The van der Waals surface area contributed by atoms with E-state index in [0.717, 1.165) is 29.9 Å². The van der Waals surface area contributed by atoms with Gasteiger partial charge in [0.25, 0.3) is 0 Å². The molecule has 0 saturated carbocycles. The number of nitrogens with zero attached hydrogens (tertiary/aromatic N) is 2. The van der Waals surface area contributed by atoms with Crippen LogP contribution in [0, 0.1) is 6.92 Å². The number of unbranched alkanes of at least 4 members (excludes halogenated alkanes) is 5. The number of hydrogen-bond donors (Lipinski definition) is 0. The van der Waals surface area contributed by atoms with Gasteiger partial charge in [0.1, 0.15) is 0 Å². The molecule has 0 aromatic heterocycles. The summed E-state index contributed by atoms with van der Waals surface area (Å²) in [5.74, 6) is 0. The highest BCUT2D eigenvalue weighted by Gasteiger charge is 2.07. The summed E-state index contributed by atoms with van der Waals surface area (Å²) in [6.07, 6.45) is 16.7. The molecular formula is C32H48N2. The zero-order valence-electron chi connectivity index (χ0n) is 22.8. The first kappa shape index (κ1) is 28.0. The zero-order valence-corrected chi connectivity index (χ0v) is 22.8. The summed E-state index contributed by atoms with van der Waals surface area (Å²) < 4.78 is 0. The average Bonchev–Trinajstić information content (AvgIpc) is 2.83. The Labute approximate surface area is 210 Å². The standard InChI is InChI=1S/C32H48N2/c1-7-11-14-15-18-28-22-30(20-19-27(28)16-12-8-2)34-26(6)24-33-31-21-25(5)32(10-4)29(23-31)17-13-9-3/h19-24H,7-18H2,1-6H3. The van der Waals surface area contributed by atoms with Crippen molar-refractivity contribution in [2.75, 3.05) is 0 Å². The molecule has 34 heavy (non-hydrogen) atoms. The third kappa shape index (κ3) is 9.20. The zero-order chi connectivity index (χ0) is 24.8. The Kier molecular flexibility index (Phi) is 12.9. The van der Waals surface area contributed by atoms with E-state index in [0.29, 0.717) is 0 Å². The largest absolute Gasteiger partial charge is 0.255 e. The molecule has 0 aliphatic carbocycles. The molecule has 0 bridgehead atoms. The van der Waals surface area contributed by atoms with Gasteiger partial charge in [0, 0.05) is 6.21 Å². The second-order valence-corrected chi connectivity index (χ2v) is 9.74. The molecule has 0 spiro atoms. The Balaban J connectivity index is 2.20. The van der Waals surface area contributed by atoms with Gasteiger partial charge in [0.2, 0.25) is 0 Å². The summed E-state index contributed by atoms with van der Waals surface area (Å²) in [5, 5.41) is 0. The van der Waals surface area contributed by atoms with E-state index in [1.807, 2.05) is 6.21 Å². The van der Waals surface area contributed by atoms with Crippen molar-refractivity contribution in [1.29, 1.82) is 0 Å². The molecule has 186 valence electrons. The van der Waals surface area contributed by atoms with Gasteiger partial charge in [0.15, 0.2) is 0 Å². The Morgan fingerprint density at radius 2 is 1.35 bits per heavy atom. The third-order valence-electron chi connectivity index (χ3n) is 6.70. The van der Waals surface area contributed by atoms with Crippen LogP contribution in [0.1, 0.15) is 114 Å². The van der Waals surface area contributed by atoms with Crippen LogP contribution in [-0.4, -0.2) is 11.9 Å². The summed E-state index contributed by atoms with van der Waals surface area (Å²) >= 11 is 0. The molecule has 0 fully saturated rings. The highest BCUT2D eigenvalue weighted by atomic mass is 14.8. The maximum atomic E-state index is 4.90. The first-order chi connectivity index (χ1) is 16.5. The summed E-state index contributed by atoms with van der Waals surface area (Å²) in [5.41, 5.74) is 10.3. The minimum Gasteiger partial charge on any atom is -0.255 e. The maximum Gasteiger partial charge on any atom is 0.0636 e. The Bertz CT molecular complexity index is 936. The quantitative estimate of drug-likeness (QED) is 0.187. The summed E-state index contributed by atoms with van der Waals surface area (Å²) in [7, 11) is 0. The van der Waals surface area contributed by atoms with E-state index in [1.54, 1.807) is 0 Å². The van der Waals surface area contributed by atoms with Crippen molar-refractivity contribution in [3.63, 3.8) is 0 Å². The van der Waals surface area contributed by atoms with E-state index in [2.05, 4.69) is 71.9 Å². The van der Waals surface area contributed by atoms with Crippen molar-refractivity contribution >= 4 is 23.3 Å². The molecular weight excluding hydrogens is 412 g/mol. The van der Waals surface area contributed by atoms with Gasteiger partial charge in [-0.15, -0.1) is 0 Å². The molecule has 0 heterocycles. The van der Waals surface area contributed by atoms with Gasteiger partial charge < -0.3 is 0 Å². The van der Waals surface area contributed by atoms with Crippen molar-refractivity contribution in [2.45, 2.75) is 119 Å². The second kappa shape index (κ2) is 15.6. The predicted octanol–water partition coefficient (Wildman–Crippen LogP) is 9.86. The van der Waals surface area contributed by atoms with E-state index in [4.69, 9.17) is 9.98 Å². The third-order valence-corrected chi connectivity index (χ3v) is 6.70. The summed E-state index contributed by atoms with van der Waals surface area (Å²) in [6, 6.07) is 11.3. The molecule has 0 amide bonds. The van der Waals surface area contributed by atoms with Crippen LogP contribution in [0.3, 0.4) is 0 Å². The van der Waals surface area contributed by atoms with E-state index in [-0.39, 0.29) is 0 Å². The van der Waals surface area contributed by atoms with Crippen molar-refractivity contribution in [3.05, 3.63) is 58.1 Å². The maximum absolute atomic E-state index is 4.90. The van der Waals surface area contributed by atoms with Crippen LogP contribution in [0.15, 0.2) is 40.3 Å². The highest BCUT2D eigenvalue weighted by Crippen LogP contribution is 2.25. The SMILES string of the molecule is CCCCCCc1cc(N=C(C)C=Nc2cc(C)c(CC)c(CCCC)c2)ccc1CCCC. The van der Waals surface area contributed by atoms with E-state index in [1.165, 1.54) is 92.0 Å². The fourth-order valence-electron chi connectivity index (χ4n) is 4.71. The van der Waals surface area contributed by atoms with E-state index < -0.39 is 0 Å². The van der Waals surface area contributed by atoms with Gasteiger partial charge >= 0.3 is 0 Å². The first-order valence-corrected chi connectivity index (χ1v) is 13.9. The molecule has 2 aromatic rings. The van der Waals surface area contributed by atoms with Gasteiger partial charge in [-0.25, -0.2) is 0 Å². The molecule has 2 aromatic carbocycles. The second-order valence-electron chi connectivity index (χ2n) is 9.74. The summed E-state index contributed by atoms with van der Waals surface area (Å²) in [4.78, 5) is 9.70. The van der Waals surface area contributed by atoms with Crippen LogP contribution >= 0.6 is 0 Å². The van der Waals surface area contributed by atoms with Crippen LogP contribution in [0.25, 0.3) is 0 Å². The Morgan fingerprint density at radius 3 is 2.03 bits per heavy atom. The number of aryl methyl sites for hydroxylation is 4. The van der Waals surface area contributed by atoms with Crippen molar-refractivity contribution in [1.82, 2.24) is 0 Å². The number of hydrogen-bond acceptors (Lipinski definition) is 2. The lowest BCUT2D eigenvalue weighted by Crippen LogP contribution is -1.98. The molecule has 0 radical (unpaired) electrons. The van der Waals surface area contributed by atoms with E-state index in [9.17, 15) is 0 Å². The van der Waals surface area contributed by atoms with Gasteiger partial charge in [-0.3, -0.25) is 9.98 Å².